The Morgan fingerprint density at radius 1 is 0.481 bits per heavy atom. The standard InChI is InChI=1S/C40H42O12S2/c41-13-17-45-31-11-9-29-37(35(31)47-19-15-43)53-33-7-3-1-5-27(33)39(29)49-21-25-23-51-40(52-24-26(25)22-50-39)28-6-2-4-8-34(28)54-38-30(40)10-12-32(46-18-14-42)36(38)48-20-16-44/h1-12,25-26,41-44H,13-24H2. The lowest BCUT2D eigenvalue weighted by Crippen LogP contribution is -2.39. The van der Waals surface area contributed by atoms with E-state index in [1.807, 2.05) is 60.7 Å². The summed E-state index contributed by atoms with van der Waals surface area (Å²) in [7, 11) is 0. The molecule has 0 bridgehead atoms. The quantitative estimate of drug-likeness (QED) is 0.159. The van der Waals surface area contributed by atoms with Crippen LogP contribution in [0.15, 0.2) is 92.4 Å². The van der Waals surface area contributed by atoms with Gasteiger partial charge in [0.2, 0.25) is 11.6 Å². The molecule has 0 atom stereocenters. The third-order valence-electron chi connectivity index (χ3n) is 9.81. The van der Waals surface area contributed by atoms with Gasteiger partial charge in [0, 0.05) is 43.9 Å². The molecule has 0 aliphatic carbocycles. The van der Waals surface area contributed by atoms with Gasteiger partial charge in [-0.15, -0.1) is 0 Å². The second-order valence-corrected chi connectivity index (χ2v) is 15.1. The van der Waals surface area contributed by atoms with E-state index in [4.69, 9.17) is 37.9 Å². The Bertz CT molecular complexity index is 1800. The molecule has 0 radical (unpaired) electrons. The third kappa shape index (κ3) is 6.61. The lowest BCUT2D eigenvalue weighted by molar-refractivity contribution is -0.233. The molecule has 0 aromatic heterocycles. The number of benzene rings is 4. The van der Waals surface area contributed by atoms with Gasteiger partial charge >= 0.3 is 0 Å². The second-order valence-electron chi connectivity index (χ2n) is 13.0. The van der Waals surface area contributed by atoms with Crippen LogP contribution in [-0.2, 0) is 30.5 Å². The monoisotopic (exact) mass is 778 g/mol. The maximum Gasteiger partial charge on any atom is 0.224 e. The van der Waals surface area contributed by atoms with Crippen LogP contribution in [0.2, 0.25) is 0 Å². The molecule has 2 spiro atoms. The van der Waals surface area contributed by atoms with E-state index in [-0.39, 0.29) is 64.7 Å². The minimum Gasteiger partial charge on any atom is -0.487 e. The van der Waals surface area contributed by atoms with E-state index in [9.17, 15) is 20.4 Å². The van der Waals surface area contributed by atoms with Crippen molar-refractivity contribution in [1.29, 1.82) is 0 Å². The lowest BCUT2D eigenvalue weighted by atomic mass is 9.95. The largest absolute Gasteiger partial charge is 0.487 e. The van der Waals surface area contributed by atoms with Gasteiger partial charge in [0.1, 0.15) is 26.4 Å². The van der Waals surface area contributed by atoms with Crippen LogP contribution in [0.1, 0.15) is 22.3 Å². The van der Waals surface area contributed by atoms with E-state index in [1.165, 1.54) is 23.5 Å². The highest BCUT2D eigenvalue weighted by Gasteiger charge is 2.52. The fraction of sp³-hybridized carbons (Fsp3) is 0.400. The number of aliphatic hydroxyl groups excluding tert-OH is 4. The Kier molecular flexibility index (Phi) is 11.3. The van der Waals surface area contributed by atoms with E-state index in [0.29, 0.717) is 49.4 Å². The molecule has 2 fully saturated rings. The van der Waals surface area contributed by atoms with E-state index in [2.05, 4.69) is 0 Å². The zero-order valence-electron chi connectivity index (χ0n) is 29.4. The van der Waals surface area contributed by atoms with Gasteiger partial charge < -0.3 is 58.3 Å². The predicted octanol–water partition coefficient (Wildman–Crippen LogP) is 4.53. The summed E-state index contributed by atoms with van der Waals surface area (Å²) >= 11 is 3.03. The van der Waals surface area contributed by atoms with Gasteiger partial charge in [-0.3, -0.25) is 0 Å². The second kappa shape index (κ2) is 16.3. The van der Waals surface area contributed by atoms with Crippen LogP contribution in [0.5, 0.6) is 23.0 Å². The summed E-state index contributed by atoms with van der Waals surface area (Å²) in [4.78, 5) is 3.36. The molecule has 4 aromatic rings. The van der Waals surface area contributed by atoms with Crippen LogP contribution < -0.4 is 18.9 Å². The van der Waals surface area contributed by atoms with Crippen molar-refractivity contribution in [3.63, 3.8) is 0 Å². The molecule has 4 N–H and O–H groups in total. The molecule has 4 aromatic carbocycles. The van der Waals surface area contributed by atoms with Crippen molar-refractivity contribution in [2.75, 3.05) is 79.3 Å². The topological polar surface area (TPSA) is 155 Å². The van der Waals surface area contributed by atoms with Crippen molar-refractivity contribution in [2.45, 2.75) is 31.2 Å². The van der Waals surface area contributed by atoms with Crippen molar-refractivity contribution < 1.29 is 58.3 Å². The molecular formula is C40H42O12S2. The van der Waals surface area contributed by atoms with Gasteiger partial charge in [-0.05, 0) is 36.4 Å². The molecule has 286 valence electrons. The maximum absolute atomic E-state index is 9.65. The molecule has 14 heteroatoms. The molecule has 4 aliphatic rings. The fourth-order valence-corrected chi connectivity index (χ4v) is 9.81. The molecule has 12 nitrogen and oxygen atoms in total. The Morgan fingerprint density at radius 2 is 0.852 bits per heavy atom. The molecule has 54 heavy (non-hydrogen) atoms. The first-order chi connectivity index (χ1) is 26.6. The number of ether oxygens (including phenoxy) is 8. The fourth-order valence-electron chi connectivity index (χ4n) is 7.33. The predicted molar refractivity (Wildman–Crippen MR) is 197 cm³/mol. The lowest BCUT2D eigenvalue weighted by Gasteiger charge is -2.40. The van der Waals surface area contributed by atoms with Crippen LogP contribution in [0.4, 0.5) is 0 Å². The van der Waals surface area contributed by atoms with Gasteiger partial charge in [-0.25, -0.2) is 0 Å². The maximum atomic E-state index is 9.65. The average Bonchev–Trinajstić information content (AvgIpc) is 3.50. The molecular weight excluding hydrogens is 737 g/mol. The molecule has 4 heterocycles. The van der Waals surface area contributed by atoms with Gasteiger partial charge in [-0.2, -0.15) is 0 Å². The van der Waals surface area contributed by atoms with Crippen molar-refractivity contribution >= 4 is 23.5 Å². The van der Waals surface area contributed by atoms with Crippen LogP contribution in [-0.4, -0.2) is 99.7 Å². The van der Waals surface area contributed by atoms with Gasteiger partial charge in [0.25, 0.3) is 0 Å². The molecule has 8 rings (SSSR count). The van der Waals surface area contributed by atoms with Crippen molar-refractivity contribution in [3.8, 4) is 23.0 Å². The summed E-state index contributed by atoms with van der Waals surface area (Å²) < 4.78 is 51.8. The molecule has 0 amide bonds. The van der Waals surface area contributed by atoms with Crippen molar-refractivity contribution in [2.24, 2.45) is 11.8 Å². The minimum absolute atomic E-state index is 0.0558. The first-order valence-electron chi connectivity index (χ1n) is 18.0. The summed E-state index contributed by atoms with van der Waals surface area (Å²) in [5, 5.41) is 38.3. The van der Waals surface area contributed by atoms with Crippen LogP contribution >= 0.6 is 23.5 Å². The number of hydrogen-bond donors (Lipinski definition) is 4. The first-order valence-corrected chi connectivity index (χ1v) is 19.6. The summed E-state index contributed by atoms with van der Waals surface area (Å²) in [5.41, 5.74) is 3.26. The van der Waals surface area contributed by atoms with E-state index in [0.717, 1.165) is 41.8 Å². The zero-order valence-corrected chi connectivity index (χ0v) is 31.1. The summed E-state index contributed by atoms with van der Waals surface area (Å²) in [5.74, 6) is -0.986. The van der Waals surface area contributed by atoms with Gasteiger partial charge in [0.05, 0.1) is 62.6 Å². The Balaban J connectivity index is 1.15. The number of hydrogen-bond acceptors (Lipinski definition) is 14. The van der Waals surface area contributed by atoms with Crippen molar-refractivity contribution in [3.05, 3.63) is 95.1 Å². The van der Waals surface area contributed by atoms with Crippen LogP contribution in [0.3, 0.4) is 0 Å². The first kappa shape index (κ1) is 37.4. The Hall–Kier alpha value is -3.54. The SMILES string of the molecule is OCCOc1ccc2c(c1OCCO)Sc1ccccc1C21OCC2COC3(OCC2CO1)c1ccccc1Sc1c3ccc(OCCO)c1OCCO. The van der Waals surface area contributed by atoms with E-state index >= 15 is 0 Å². The Labute approximate surface area is 321 Å². The number of aliphatic hydroxyl groups is 4. The van der Waals surface area contributed by atoms with Crippen LogP contribution in [0.25, 0.3) is 0 Å². The van der Waals surface area contributed by atoms with Gasteiger partial charge in [-0.1, -0.05) is 59.9 Å². The highest BCUT2D eigenvalue weighted by Crippen LogP contribution is 2.59. The summed E-state index contributed by atoms with van der Waals surface area (Å²) in [6.45, 7) is 0.759. The Morgan fingerprint density at radius 3 is 1.24 bits per heavy atom. The van der Waals surface area contributed by atoms with E-state index in [1.54, 1.807) is 12.1 Å². The summed E-state index contributed by atoms with van der Waals surface area (Å²) in [6, 6.07) is 23.3. The molecule has 0 unspecified atom stereocenters. The minimum atomic E-state index is -1.28. The van der Waals surface area contributed by atoms with Crippen LogP contribution in [0, 0.1) is 11.8 Å². The normalized spacial score (nSPS) is 23.9. The smallest absolute Gasteiger partial charge is 0.224 e. The summed E-state index contributed by atoms with van der Waals surface area (Å²) in [6.07, 6.45) is 0. The number of fused-ring (bicyclic) bond motifs is 9. The highest BCUT2D eigenvalue weighted by molar-refractivity contribution is 8.00. The van der Waals surface area contributed by atoms with E-state index < -0.39 is 11.6 Å². The molecule has 4 aliphatic heterocycles. The zero-order chi connectivity index (χ0) is 37.1. The number of rotatable bonds is 12. The third-order valence-corrected chi connectivity index (χ3v) is 12.2. The molecule has 2 saturated heterocycles. The molecule has 0 saturated carbocycles. The average molecular weight is 779 g/mol. The highest BCUT2D eigenvalue weighted by atomic mass is 32.2. The van der Waals surface area contributed by atoms with Crippen molar-refractivity contribution in [1.82, 2.24) is 0 Å². The van der Waals surface area contributed by atoms with Gasteiger partial charge in [0.15, 0.2) is 23.0 Å².